The molecule has 4 heteroatoms. The van der Waals surface area contributed by atoms with E-state index in [2.05, 4.69) is 18.5 Å². The van der Waals surface area contributed by atoms with Crippen molar-refractivity contribution in [1.82, 2.24) is 9.55 Å². The van der Waals surface area contributed by atoms with Crippen molar-refractivity contribution in [3.05, 3.63) is 46.2 Å². The third-order valence-electron chi connectivity index (χ3n) is 3.04. The number of hydrogen-bond donors (Lipinski definition) is 0. The van der Waals surface area contributed by atoms with Gasteiger partial charge in [-0.2, -0.15) is 0 Å². The molecule has 0 amide bonds. The minimum absolute atomic E-state index is 0.0317. The molecular formula is C15H20N2OW. The molecule has 0 bridgehead atoms. The van der Waals surface area contributed by atoms with Crippen LogP contribution in [0.3, 0.4) is 0 Å². The molecule has 0 aromatic carbocycles. The third-order valence-corrected chi connectivity index (χ3v) is 3.91. The molecule has 0 aliphatic rings. The summed E-state index contributed by atoms with van der Waals surface area (Å²) in [5.41, 5.74) is 2.45. The molecule has 0 unspecified atom stereocenters. The summed E-state index contributed by atoms with van der Waals surface area (Å²) in [6, 6.07) is 0. The van der Waals surface area contributed by atoms with E-state index in [1.165, 1.54) is 19.4 Å². The fourth-order valence-corrected chi connectivity index (χ4v) is 2.48. The Morgan fingerprint density at radius 3 is 2.68 bits per heavy atom. The van der Waals surface area contributed by atoms with Crippen LogP contribution in [0.1, 0.15) is 36.8 Å². The zero-order valence-corrected chi connectivity index (χ0v) is 14.7. The molecule has 0 spiro atoms. The van der Waals surface area contributed by atoms with Crippen molar-refractivity contribution in [3.63, 3.8) is 0 Å². The van der Waals surface area contributed by atoms with Crippen molar-refractivity contribution >= 4 is 10.1 Å². The second-order valence-electron chi connectivity index (χ2n) is 4.43. The molecule has 3 nitrogen and oxygen atoms in total. The van der Waals surface area contributed by atoms with Gasteiger partial charge in [-0.05, 0) is 0 Å². The molecule has 0 radical (unpaired) electrons. The van der Waals surface area contributed by atoms with E-state index in [4.69, 9.17) is 0 Å². The molecule has 19 heavy (non-hydrogen) atoms. The van der Waals surface area contributed by atoms with Crippen molar-refractivity contribution in [1.29, 1.82) is 0 Å². The summed E-state index contributed by atoms with van der Waals surface area (Å²) in [5.74, 6) is 0.848. The Bertz CT molecular complexity index is 570. The second-order valence-corrected chi connectivity index (χ2v) is 5.27. The first-order valence-corrected chi connectivity index (χ1v) is 8.13. The second kappa shape index (κ2) is 7.49. The minimum atomic E-state index is 0.0317. The summed E-state index contributed by atoms with van der Waals surface area (Å²) in [7, 11) is 0. The zero-order chi connectivity index (χ0) is 14.4. The van der Waals surface area contributed by atoms with E-state index in [0.717, 1.165) is 36.5 Å². The van der Waals surface area contributed by atoms with Gasteiger partial charge in [0.15, 0.2) is 0 Å². The van der Waals surface area contributed by atoms with Crippen molar-refractivity contribution < 1.29 is 19.4 Å². The molecule has 1 aromatic rings. The Labute approximate surface area is 125 Å². The van der Waals surface area contributed by atoms with Crippen LogP contribution in [0.5, 0.6) is 0 Å². The number of nitrogens with zero attached hydrogens (tertiary/aromatic N) is 2. The van der Waals surface area contributed by atoms with Crippen molar-refractivity contribution in [2.24, 2.45) is 0 Å². The summed E-state index contributed by atoms with van der Waals surface area (Å²) < 4.78 is 3.72. The van der Waals surface area contributed by atoms with E-state index in [1.807, 2.05) is 24.3 Å². The van der Waals surface area contributed by atoms with Gasteiger partial charge in [0.25, 0.3) is 0 Å². The van der Waals surface area contributed by atoms with Crippen molar-refractivity contribution in [2.75, 3.05) is 0 Å². The fourth-order valence-electron chi connectivity index (χ4n) is 1.82. The predicted molar refractivity (Wildman–Crippen MR) is 77.1 cm³/mol. The Morgan fingerprint density at radius 1 is 1.47 bits per heavy atom. The quantitative estimate of drug-likeness (QED) is 0.654. The van der Waals surface area contributed by atoms with Crippen LogP contribution in [0.15, 0.2) is 23.5 Å². The number of aromatic nitrogens is 2. The summed E-state index contributed by atoms with van der Waals surface area (Å²) in [6.07, 6.45) is 6.52. The Balaban J connectivity index is 3.53. The third kappa shape index (κ3) is 3.70. The Kier molecular flexibility index (Phi) is 6.30. The monoisotopic (exact) mass is 428 g/mol. The van der Waals surface area contributed by atoms with Crippen LogP contribution in [-0.2, 0) is 25.8 Å². The number of hydrogen-bond acceptors (Lipinski definition) is 2. The van der Waals surface area contributed by atoms with E-state index < -0.39 is 0 Å². The normalized spacial score (nSPS) is 11.4. The van der Waals surface area contributed by atoms with Crippen LogP contribution in [0.2, 0.25) is 0 Å². The Morgan fingerprint density at radius 2 is 2.16 bits per heavy atom. The van der Waals surface area contributed by atoms with Gasteiger partial charge in [0.05, 0.1) is 0 Å². The molecule has 0 saturated heterocycles. The molecule has 1 aromatic heterocycles. The standard InChI is InChI=1S/C15H20N2O.W/c1-6-8-10-14-16-13(5)12(4)15(18)17(14)11(3)9-7-2;/h3,7,9H,2,6,8,10H2,1,4-5H3;/b11-9+;. The summed E-state index contributed by atoms with van der Waals surface area (Å²) in [6.45, 7) is 9.58. The molecule has 1 rings (SSSR count). The first kappa shape index (κ1) is 16.0. The summed E-state index contributed by atoms with van der Waals surface area (Å²) in [5, 5.41) is 0. The molecule has 0 atom stereocenters. The van der Waals surface area contributed by atoms with Crippen LogP contribution < -0.4 is 5.56 Å². The van der Waals surface area contributed by atoms with Gasteiger partial charge in [-0.3, -0.25) is 0 Å². The summed E-state index contributed by atoms with van der Waals surface area (Å²) >= 11 is 1.30. The SMILES string of the molecule is C=C/C=C(\[CH]=[W])n1c(CCCC)nc(C)c(C)c1=O. The topological polar surface area (TPSA) is 34.9 Å². The molecule has 0 aliphatic carbocycles. The number of unbranched alkanes of at least 4 members (excludes halogenated alkanes) is 1. The predicted octanol–water partition coefficient (Wildman–Crippen LogP) is 2.58. The molecule has 0 N–H and O–H groups in total. The van der Waals surface area contributed by atoms with Gasteiger partial charge in [-0.15, -0.1) is 0 Å². The van der Waals surface area contributed by atoms with E-state index >= 15 is 0 Å². The average Bonchev–Trinajstić information content (AvgIpc) is 2.41. The molecule has 102 valence electrons. The van der Waals surface area contributed by atoms with Crippen LogP contribution in [0.25, 0.3) is 5.70 Å². The van der Waals surface area contributed by atoms with Crippen molar-refractivity contribution in [2.45, 2.75) is 40.0 Å². The van der Waals surface area contributed by atoms with Gasteiger partial charge < -0.3 is 0 Å². The molecule has 1 heterocycles. The van der Waals surface area contributed by atoms with Crippen molar-refractivity contribution in [3.8, 4) is 0 Å². The zero-order valence-electron chi connectivity index (χ0n) is 11.8. The molecule has 0 saturated carbocycles. The first-order chi connectivity index (χ1) is 9.06. The maximum absolute atomic E-state index is 12.5. The van der Waals surface area contributed by atoms with E-state index in [0.29, 0.717) is 5.56 Å². The van der Waals surface area contributed by atoms with E-state index in [-0.39, 0.29) is 5.56 Å². The van der Waals surface area contributed by atoms with Gasteiger partial charge in [0.1, 0.15) is 0 Å². The maximum atomic E-state index is 12.5. The van der Waals surface area contributed by atoms with Gasteiger partial charge >= 0.3 is 125 Å². The van der Waals surface area contributed by atoms with Crippen LogP contribution in [0.4, 0.5) is 0 Å². The summed E-state index contributed by atoms with van der Waals surface area (Å²) in [4.78, 5) is 17.1. The average molecular weight is 428 g/mol. The van der Waals surface area contributed by atoms with Gasteiger partial charge in [-0.25, -0.2) is 0 Å². The number of aryl methyl sites for hydroxylation is 2. The van der Waals surface area contributed by atoms with Crippen LogP contribution in [-0.4, -0.2) is 14.0 Å². The number of allylic oxidation sites excluding steroid dienone is 3. The van der Waals surface area contributed by atoms with Gasteiger partial charge in [-0.1, -0.05) is 0 Å². The Hall–Kier alpha value is -1.08. The molecule has 0 fully saturated rings. The van der Waals surface area contributed by atoms with Crippen LogP contribution >= 0.6 is 0 Å². The van der Waals surface area contributed by atoms with Crippen LogP contribution in [0, 0.1) is 13.8 Å². The molecule has 0 aliphatic heterocycles. The van der Waals surface area contributed by atoms with Gasteiger partial charge in [0.2, 0.25) is 0 Å². The van der Waals surface area contributed by atoms with E-state index in [1.54, 1.807) is 10.6 Å². The number of rotatable bonds is 6. The van der Waals surface area contributed by atoms with E-state index in [9.17, 15) is 4.79 Å². The van der Waals surface area contributed by atoms with Gasteiger partial charge in [0, 0.05) is 0 Å². The first-order valence-electron chi connectivity index (χ1n) is 6.44. The molecular weight excluding hydrogens is 408 g/mol. The fraction of sp³-hybridized carbons (Fsp3) is 0.400.